The second-order valence-corrected chi connectivity index (χ2v) is 6.34. The SMILES string of the molecule is CCc1cccc(C)c1NC(=O)NC1CC(N(CC)CC(=O)O)C1. The number of rotatable bonds is 7. The number of nitrogens with one attached hydrogen (secondary N) is 2. The maximum absolute atomic E-state index is 12.2. The van der Waals surface area contributed by atoms with E-state index in [1.165, 1.54) is 0 Å². The van der Waals surface area contributed by atoms with Gasteiger partial charge in [0.25, 0.3) is 0 Å². The number of carbonyl (C=O) groups excluding carboxylic acids is 1. The van der Waals surface area contributed by atoms with Crippen molar-refractivity contribution in [1.29, 1.82) is 0 Å². The van der Waals surface area contributed by atoms with Crippen molar-refractivity contribution in [2.24, 2.45) is 0 Å². The molecule has 1 saturated carbocycles. The molecule has 6 nitrogen and oxygen atoms in total. The van der Waals surface area contributed by atoms with Crippen molar-refractivity contribution in [2.75, 3.05) is 18.4 Å². The third-order valence-corrected chi connectivity index (χ3v) is 4.69. The van der Waals surface area contributed by atoms with Crippen LogP contribution in [0.25, 0.3) is 0 Å². The van der Waals surface area contributed by atoms with Crippen LogP contribution in [0.2, 0.25) is 0 Å². The number of hydrogen-bond donors (Lipinski definition) is 3. The predicted molar refractivity (Wildman–Crippen MR) is 94.4 cm³/mol. The quantitative estimate of drug-likeness (QED) is 0.716. The molecule has 0 aliphatic heterocycles. The fraction of sp³-hybridized carbons (Fsp3) is 0.556. The molecule has 1 fully saturated rings. The van der Waals surface area contributed by atoms with Crippen molar-refractivity contribution < 1.29 is 14.7 Å². The van der Waals surface area contributed by atoms with Crippen LogP contribution in [0.15, 0.2) is 18.2 Å². The minimum Gasteiger partial charge on any atom is -0.480 e. The molecule has 0 radical (unpaired) electrons. The Bertz CT molecular complexity index is 597. The highest BCUT2D eigenvalue weighted by atomic mass is 16.4. The van der Waals surface area contributed by atoms with Gasteiger partial charge in [-0.2, -0.15) is 0 Å². The van der Waals surface area contributed by atoms with Crippen molar-refractivity contribution in [1.82, 2.24) is 10.2 Å². The fourth-order valence-electron chi connectivity index (χ4n) is 3.21. The lowest BCUT2D eigenvalue weighted by molar-refractivity contribution is -0.139. The van der Waals surface area contributed by atoms with Crippen molar-refractivity contribution in [2.45, 2.75) is 52.1 Å². The summed E-state index contributed by atoms with van der Waals surface area (Å²) in [4.78, 5) is 25.0. The van der Waals surface area contributed by atoms with Crippen molar-refractivity contribution in [3.05, 3.63) is 29.3 Å². The number of carboxylic acid groups (broad SMARTS) is 1. The molecule has 0 atom stereocenters. The van der Waals surface area contributed by atoms with Gasteiger partial charge in [-0.05, 0) is 43.9 Å². The molecular formula is C18H27N3O3. The van der Waals surface area contributed by atoms with Crippen LogP contribution in [0, 0.1) is 6.92 Å². The number of para-hydroxylation sites is 1. The topological polar surface area (TPSA) is 81.7 Å². The number of carbonyl (C=O) groups is 2. The zero-order chi connectivity index (χ0) is 17.7. The van der Waals surface area contributed by atoms with Gasteiger partial charge < -0.3 is 15.7 Å². The highest BCUT2D eigenvalue weighted by Gasteiger charge is 2.34. The Morgan fingerprint density at radius 1 is 1.29 bits per heavy atom. The number of aryl methyl sites for hydroxylation is 2. The van der Waals surface area contributed by atoms with E-state index in [4.69, 9.17) is 5.11 Å². The van der Waals surface area contributed by atoms with E-state index in [-0.39, 0.29) is 24.7 Å². The van der Waals surface area contributed by atoms with Crippen LogP contribution in [0.4, 0.5) is 10.5 Å². The molecule has 1 aliphatic carbocycles. The van der Waals surface area contributed by atoms with Gasteiger partial charge in [0.1, 0.15) is 0 Å². The van der Waals surface area contributed by atoms with E-state index in [1.54, 1.807) is 0 Å². The summed E-state index contributed by atoms with van der Waals surface area (Å²) in [7, 11) is 0. The number of amides is 2. The Morgan fingerprint density at radius 3 is 2.58 bits per heavy atom. The molecule has 0 spiro atoms. The molecule has 0 unspecified atom stereocenters. The second-order valence-electron chi connectivity index (χ2n) is 6.34. The summed E-state index contributed by atoms with van der Waals surface area (Å²) in [5.74, 6) is -0.808. The molecular weight excluding hydrogens is 306 g/mol. The summed E-state index contributed by atoms with van der Waals surface area (Å²) in [6.07, 6.45) is 2.45. The Labute approximate surface area is 143 Å². The Balaban J connectivity index is 1.84. The summed E-state index contributed by atoms with van der Waals surface area (Å²) in [6.45, 7) is 6.78. The van der Waals surface area contributed by atoms with Crippen molar-refractivity contribution >= 4 is 17.7 Å². The van der Waals surface area contributed by atoms with Gasteiger partial charge in [0, 0.05) is 17.8 Å². The Morgan fingerprint density at radius 2 is 2.00 bits per heavy atom. The van der Waals surface area contributed by atoms with E-state index in [2.05, 4.69) is 17.6 Å². The lowest BCUT2D eigenvalue weighted by Gasteiger charge is -2.42. The standard InChI is InChI=1S/C18H27N3O3/c1-4-13-8-6-7-12(3)17(13)20-18(24)19-14-9-15(10-14)21(5-2)11-16(22)23/h6-8,14-15H,4-5,9-11H2,1-3H3,(H,22,23)(H2,19,20,24). The van der Waals surface area contributed by atoms with Gasteiger partial charge in [-0.15, -0.1) is 0 Å². The van der Waals surface area contributed by atoms with Gasteiger partial charge in [0.05, 0.1) is 6.54 Å². The van der Waals surface area contributed by atoms with Crippen LogP contribution in [-0.4, -0.2) is 47.2 Å². The average molecular weight is 333 g/mol. The van der Waals surface area contributed by atoms with Gasteiger partial charge in [-0.3, -0.25) is 9.69 Å². The maximum Gasteiger partial charge on any atom is 0.319 e. The molecule has 0 heterocycles. The average Bonchev–Trinajstić information content (AvgIpc) is 2.50. The first-order chi connectivity index (χ1) is 11.4. The molecule has 2 rings (SSSR count). The summed E-state index contributed by atoms with van der Waals surface area (Å²) >= 11 is 0. The number of nitrogens with zero attached hydrogens (tertiary/aromatic N) is 1. The minimum atomic E-state index is -0.808. The van der Waals surface area contributed by atoms with Crippen LogP contribution in [0.5, 0.6) is 0 Å². The molecule has 6 heteroatoms. The molecule has 0 aromatic heterocycles. The third kappa shape index (κ3) is 4.47. The molecule has 0 saturated heterocycles. The van der Waals surface area contributed by atoms with Crippen molar-refractivity contribution in [3.63, 3.8) is 0 Å². The van der Waals surface area contributed by atoms with E-state index >= 15 is 0 Å². The molecule has 132 valence electrons. The number of carboxylic acids is 1. The first kappa shape index (κ1) is 18.3. The zero-order valence-electron chi connectivity index (χ0n) is 14.6. The molecule has 1 aromatic carbocycles. The van der Waals surface area contributed by atoms with Gasteiger partial charge in [-0.1, -0.05) is 32.0 Å². The van der Waals surface area contributed by atoms with Crippen LogP contribution in [-0.2, 0) is 11.2 Å². The first-order valence-electron chi connectivity index (χ1n) is 8.56. The van der Waals surface area contributed by atoms with Crippen LogP contribution < -0.4 is 10.6 Å². The molecule has 2 amide bonds. The minimum absolute atomic E-state index is 0.0587. The van der Waals surface area contributed by atoms with Crippen molar-refractivity contribution in [3.8, 4) is 0 Å². The highest BCUT2D eigenvalue weighted by Crippen LogP contribution is 2.26. The first-order valence-corrected chi connectivity index (χ1v) is 8.56. The van der Waals surface area contributed by atoms with E-state index in [0.717, 1.165) is 36.1 Å². The summed E-state index contributed by atoms with van der Waals surface area (Å²) < 4.78 is 0. The van der Waals surface area contributed by atoms with Crippen LogP contribution >= 0.6 is 0 Å². The number of likely N-dealkylation sites (N-methyl/N-ethyl adjacent to an activating group) is 1. The van der Waals surface area contributed by atoms with Gasteiger partial charge in [0.15, 0.2) is 0 Å². The number of urea groups is 1. The number of anilines is 1. The normalized spacial score (nSPS) is 19.7. The predicted octanol–water partition coefficient (Wildman–Crippen LogP) is 2.62. The second kappa shape index (κ2) is 8.15. The van der Waals surface area contributed by atoms with Crippen LogP contribution in [0.1, 0.15) is 37.8 Å². The lowest BCUT2D eigenvalue weighted by atomic mass is 9.85. The van der Waals surface area contributed by atoms with Gasteiger partial charge in [0.2, 0.25) is 0 Å². The van der Waals surface area contributed by atoms with E-state index < -0.39 is 5.97 Å². The smallest absolute Gasteiger partial charge is 0.319 e. The molecule has 0 bridgehead atoms. The molecule has 1 aromatic rings. The molecule has 24 heavy (non-hydrogen) atoms. The number of benzene rings is 1. The molecule has 1 aliphatic rings. The summed E-state index contributed by atoms with van der Waals surface area (Å²) in [6, 6.07) is 6.15. The lowest BCUT2D eigenvalue weighted by Crippen LogP contribution is -2.55. The third-order valence-electron chi connectivity index (χ3n) is 4.69. The highest BCUT2D eigenvalue weighted by molar-refractivity contribution is 5.91. The number of aliphatic carboxylic acids is 1. The maximum atomic E-state index is 12.2. The van der Waals surface area contributed by atoms with E-state index in [9.17, 15) is 9.59 Å². The summed E-state index contributed by atoms with van der Waals surface area (Å²) in [5, 5.41) is 14.9. The largest absolute Gasteiger partial charge is 0.480 e. The fourth-order valence-corrected chi connectivity index (χ4v) is 3.21. The monoisotopic (exact) mass is 333 g/mol. The van der Waals surface area contributed by atoms with Gasteiger partial charge >= 0.3 is 12.0 Å². The van der Waals surface area contributed by atoms with Crippen LogP contribution in [0.3, 0.4) is 0 Å². The van der Waals surface area contributed by atoms with Gasteiger partial charge in [-0.25, -0.2) is 4.79 Å². The zero-order valence-corrected chi connectivity index (χ0v) is 14.6. The Hall–Kier alpha value is -2.08. The number of hydrogen-bond acceptors (Lipinski definition) is 3. The summed E-state index contributed by atoms with van der Waals surface area (Å²) in [5.41, 5.74) is 3.05. The molecule has 3 N–H and O–H groups in total. The van der Waals surface area contributed by atoms with E-state index in [0.29, 0.717) is 6.54 Å². The van der Waals surface area contributed by atoms with E-state index in [1.807, 2.05) is 36.9 Å². The Kier molecular flexibility index (Phi) is 6.20.